The van der Waals surface area contributed by atoms with Crippen LogP contribution in [-0.2, 0) is 11.3 Å². The molecule has 8 heteroatoms. The molecule has 1 amide bonds. The van der Waals surface area contributed by atoms with Gasteiger partial charge >= 0.3 is 0 Å². The van der Waals surface area contributed by atoms with Crippen molar-refractivity contribution in [2.24, 2.45) is 0 Å². The van der Waals surface area contributed by atoms with E-state index in [0.29, 0.717) is 11.6 Å². The molecule has 0 bridgehead atoms. The highest BCUT2D eigenvalue weighted by Gasteiger charge is 2.12. The van der Waals surface area contributed by atoms with Gasteiger partial charge in [0, 0.05) is 12.7 Å². The number of hydrogen-bond acceptors (Lipinski definition) is 4. The molecule has 0 fully saturated rings. The summed E-state index contributed by atoms with van der Waals surface area (Å²) in [5.74, 6) is -0.300. The summed E-state index contributed by atoms with van der Waals surface area (Å²) in [4.78, 5) is 17.7. The van der Waals surface area contributed by atoms with Crippen molar-refractivity contribution in [1.29, 1.82) is 0 Å². The molecule has 1 N–H and O–H groups in total. The van der Waals surface area contributed by atoms with Crippen LogP contribution in [0.1, 0.15) is 5.56 Å². The topological polar surface area (TPSA) is 54.5 Å². The summed E-state index contributed by atoms with van der Waals surface area (Å²) in [6.07, 6.45) is 1.40. The second kappa shape index (κ2) is 8.28. The lowest BCUT2D eigenvalue weighted by Gasteiger charge is -2.17. The SMILES string of the molecule is COc1ccc(CN(C)CC(=O)Nc2ncc(Cl)cc2Cl)cc1F. The fourth-order valence-corrected chi connectivity index (χ4v) is 2.53. The highest BCUT2D eigenvalue weighted by Crippen LogP contribution is 2.22. The van der Waals surface area contributed by atoms with E-state index >= 15 is 0 Å². The minimum atomic E-state index is -0.440. The van der Waals surface area contributed by atoms with E-state index in [4.69, 9.17) is 27.9 Å². The van der Waals surface area contributed by atoms with Gasteiger partial charge in [-0.2, -0.15) is 0 Å². The van der Waals surface area contributed by atoms with Crippen LogP contribution in [0.15, 0.2) is 30.5 Å². The first-order chi connectivity index (χ1) is 11.4. The number of rotatable bonds is 6. The largest absolute Gasteiger partial charge is 0.494 e. The number of amides is 1. The number of nitrogens with one attached hydrogen (secondary N) is 1. The standard InChI is InChI=1S/C16H16Cl2FN3O2/c1-22(8-10-3-4-14(24-2)13(19)5-10)9-15(23)21-16-12(18)6-11(17)7-20-16/h3-7H,8-9H2,1-2H3,(H,20,21,23). The van der Waals surface area contributed by atoms with Gasteiger partial charge in [-0.25, -0.2) is 9.37 Å². The molecule has 2 aromatic rings. The third-order valence-electron chi connectivity index (χ3n) is 3.15. The van der Waals surface area contributed by atoms with Gasteiger partial charge in [-0.05, 0) is 30.8 Å². The summed E-state index contributed by atoms with van der Waals surface area (Å²) in [5.41, 5.74) is 0.728. The van der Waals surface area contributed by atoms with Crippen molar-refractivity contribution in [2.45, 2.75) is 6.54 Å². The molecule has 0 aliphatic rings. The van der Waals surface area contributed by atoms with Crippen LogP contribution in [0.5, 0.6) is 5.75 Å². The average Bonchev–Trinajstić information content (AvgIpc) is 2.50. The van der Waals surface area contributed by atoms with E-state index in [1.807, 2.05) is 0 Å². The zero-order valence-corrected chi connectivity index (χ0v) is 14.7. The Morgan fingerprint density at radius 1 is 1.38 bits per heavy atom. The van der Waals surface area contributed by atoms with E-state index in [1.54, 1.807) is 24.1 Å². The van der Waals surface area contributed by atoms with Crippen LogP contribution >= 0.6 is 23.2 Å². The van der Waals surface area contributed by atoms with Crippen molar-refractivity contribution in [1.82, 2.24) is 9.88 Å². The average molecular weight is 372 g/mol. The highest BCUT2D eigenvalue weighted by molar-refractivity contribution is 6.36. The van der Waals surface area contributed by atoms with Crippen molar-refractivity contribution >= 4 is 34.9 Å². The fraction of sp³-hybridized carbons (Fsp3) is 0.250. The van der Waals surface area contributed by atoms with Crippen molar-refractivity contribution in [3.8, 4) is 5.75 Å². The van der Waals surface area contributed by atoms with Gasteiger partial charge in [0.2, 0.25) is 5.91 Å². The Hall–Kier alpha value is -1.89. The highest BCUT2D eigenvalue weighted by atomic mass is 35.5. The predicted octanol–water partition coefficient (Wildman–Crippen LogP) is 3.61. The van der Waals surface area contributed by atoms with E-state index in [1.165, 1.54) is 25.4 Å². The third-order valence-corrected chi connectivity index (χ3v) is 3.64. The summed E-state index contributed by atoms with van der Waals surface area (Å²) >= 11 is 11.7. The molecule has 1 aromatic heterocycles. The van der Waals surface area contributed by atoms with Crippen LogP contribution in [0.4, 0.5) is 10.2 Å². The number of benzene rings is 1. The van der Waals surface area contributed by atoms with Crippen LogP contribution in [0.3, 0.4) is 0 Å². The molecule has 128 valence electrons. The Morgan fingerprint density at radius 2 is 2.12 bits per heavy atom. The maximum absolute atomic E-state index is 13.7. The van der Waals surface area contributed by atoms with Gasteiger partial charge in [0.15, 0.2) is 17.4 Å². The summed E-state index contributed by atoms with van der Waals surface area (Å²) in [6.45, 7) is 0.490. The first-order valence-corrected chi connectivity index (χ1v) is 7.76. The fourth-order valence-electron chi connectivity index (χ4n) is 2.10. The number of likely N-dealkylation sites (N-methyl/N-ethyl adjacent to an activating group) is 1. The molecular weight excluding hydrogens is 356 g/mol. The van der Waals surface area contributed by atoms with Gasteiger partial charge < -0.3 is 10.1 Å². The lowest BCUT2D eigenvalue weighted by Crippen LogP contribution is -2.30. The molecule has 0 saturated heterocycles. The maximum atomic E-state index is 13.7. The summed E-state index contributed by atoms with van der Waals surface area (Å²) < 4.78 is 18.5. The Morgan fingerprint density at radius 3 is 2.75 bits per heavy atom. The number of ether oxygens (including phenoxy) is 1. The Balaban J connectivity index is 1.92. The number of nitrogens with zero attached hydrogens (tertiary/aromatic N) is 2. The third kappa shape index (κ3) is 5.06. The molecule has 5 nitrogen and oxygen atoms in total. The second-order valence-corrected chi connectivity index (χ2v) is 6.02. The minimum absolute atomic E-state index is 0.0916. The van der Waals surface area contributed by atoms with Crippen molar-refractivity contribution in [2.75, 3.05) is 26.0 Å². The summed E-state index contributed by atoms with van der Waals surface area (Å²) in [6, 6.07) is 6.17. The Labute approximate surface area is 149 Å². The number of aromatic nitrogens is 1. The normalized spacial score (nSPS) is 10.8. The smallest absolute Gasteiger partial charge is 0.239 e. The van der Waals surface area contributed by atoms with Crippen molar-refractivity contribution < 1.29 is 13.9 Å². The summed E-state index contributed by atoms with van der Waals surface area (Å²) in [7, 11) is 3.16. The molecule has 1 heterocycles. The van der Waals surface area contributed by atoms with Gasteiger partial charge in [0.1, 0.15) is 0 Å². The zero-order valence-electron chi connectivity index (χ0n) is 13.1. The quantitative estimate of drug-likeness (QED) is 0.842. The van der Waals surface area contributed by atoms with Gasteiger partial charge in [0.25, 0.3) is 0 Å². The van der Waals surface area contributed by atoms with Crippen molar-refractivity contribution in [3.63, 3.8) is 0 Å². The number of hydrogen-bond donors (Lipinski definition) is 1. The number of carbonyl (C=O) groups excluding carboxylic acids is 1. The van der Waals surface area contributed by atoms with Gasteiger partial charge in [-0.15, -0.1) is 0 Å². The van der Waals surface area contributed by atoms with E-state index in [9.17, 15) is 9.18 Å². The van der Waals surface area contributed by atoms with E-state index < -0.39 is 5.82 Å². The molecule has 0 spiro atoms. The first kappa shape index (κ1) is 18.4. The van der Waals surface area contributed by atoms with Gasteiger partial charge in [-0.1, -0.05) is 29.3 Å². The molecule has 0 aliphatic heterocycles. The van der Waals surface area contributed by atoms with E-state index in [0.717, 1.165) is 5.56 Å². The van der Waals surface area contributed by atoms with Crippen LogP contribution < -0.4 is 10.1 Å². The van der Waals surface area contributed by atoms with Crippen LogP contribution in [0, 0.1) is 5.82 Å². The Kier molecular flexibility index (Phi) is 6.36. The molecule has 0 saturated carbocycles. The zero-order chi connectivity index (χ0) is 17.7. The van der Waals surface area contributed by atoms with E-state index in [-0.39, 0.29) is 29.0 Å². The van der Waals surface area contributed by atoms with Gasteiger partial charge in [0.05, 0.1) is 23.7 Å². The molecular formula is C16H16Cl2FN3O2. The lowest BCUT2D eigenvalue weighted by molar-refractivity contribution is -0.117. The summed E-state index contributed by atoms with van der Waals surface area (Å²) in [5, 5.41) is 3.25. The van der Waals surface area contributed by atoms with E-state index in [2.05, 4.69) is 10.3 Å². The number of methoxy groups -OCH3 is 1. The molecule has 24 heavy (non-hydrogen) atoms. The molecule has 0 unspecified atom stereocenters. The molecule has 0 atom stereocenters. The monoisotopic (exact) mass is 371 g/mol. The number of carbonyl (C=O) groups is 1. The van der Waals surface area contributed by atoms with Crippen LogP contribution in [-0.4, -0.2) is 36.5 Å². The molecule has 0 aliphatic carbocycles. The second-order valence-electron chi connectivity index (χ2n) is 5.17. The number of anilines is 1. The maximum Gasteiger partial charge on any atom is 0.239 e. The predicted molar refractivity (Wildman–Crippen MR) is 92.2 cm³/mol. The lowest BCUT2D eigenvalue weighted by atomic mass is 10.2. The van der Waals surface area contributed by atoms with Gasteiger partial charge in [-0.3, -0.25) is 9.69 Å². The van der Waals surface area contributed by atoms with Crippen LogP contribution in [0.2, 0.25) is 10.0 Å². The first-order valence-electron chi connectivity index (χ1n) is 7.01. The van der Waals surface area contributed by atoms with Crippen LogP contribution in [0.25, 0.3) is 0 Å². The van der Waals surface area contributed by atoms with Crippen molar-refractivity contribution in [3.05, 3.63) is 51.9 Å². The minimum Gasteiger partial charge on any atom is -0.494 e. The number of halogens is 3. The molecule has 1 aromatic carbocycles. The number of pyridine rings is 1. The Bertz CT molecular complexity index is 743. The molecule has 2 rings (SSSR count). The molecule has 0 radical (unpaired) electrons.